The molecule has 7 heteroatoms. The molecule has 2 heterocycles. The van der Waals surface area contributed by atoms with E-state index in [-0.39, 0.29) is 5.96 Å². The van der Waals surface area contributed by atoms with Crippen molar-refractivity contribution in [2.24, 2.45) is 21.5 Å². The number of aromatic nitrogens is 1. The van der Waals surface area contributed by atoms with E-state index in [1.807, 2.05) is 24.0 Å². The quantitative estimate of drug-likeness (QED) is 0.821. The molecule has 4 N–H and O–H groups in total. The number of aliphatic imine (C=N–C) groups is 2. The summed E-state index contributed by atoms with van der Waals surface area (Å²) in [6.45, 7) is 4.09. The van der Waals surface area contributed by atoms with Crippen LogP contribution in [0.5, 0.6) is 0 Å². The predicted molar refractivity (Wildman–Crippen MR) is 112 cm³/mol. The number of halogens is 1. The van der Waals surface area contributed by atoms with E-state index in [0.717, 1.165) is 65.0 Å². The smallest absolute Gasteiger partial charge is 0.220 e. The second kappa shape index (κ2) is 6.68. The fourth-order valence-corrected chi connectivity index (χ4v) is 4.83. The van der Waals surface area contributed by atoms with Crippen LogP contribution in [0.2, 0.25) is 5.02 Å². The molecule has 0 radical (unpaired) electrons. The zero-order valence-electron chi connectivity index (χ0n) is 15.8. The summed E-state index contributed by atoms with van der Waals surface area (Å²) in [5, 5.41) is 1.69. The highest BCUT2D eigenvalue weighted by Crippen LogP contribution is 2.41. The number of rotatable bonds is 2. The third kappa shape index (κ3) is 2.92. The van der Waals surface area contributed by atoms with Crippen LogP contribution in [0.1, 0.15) is 50.3 Å². The van der Waals surface area contributed by atoms with Crippen molar-refractivity contribution in [3.05, 3.63) is 34.5 Å². The van der Waals surface area contributed by atoms with Gasteiger partial charge >= 0.3 is 0 Å². The molecule has 0 amide bonds. The second-order valence-electron chi connectivity index (χ2n) is 7.36. The molecule has 1 aliphatic heterocycles. The summed E-state index contributed by atoms with van der Waals surface area (Å²) in [6.07, 6.45) is 6.04. The van der Waals surface area contributed by atoms with Gasteiger partial charge in [-0.15, -0.1) is 0 Å². The van der Waals surface area contributed by atoms with Crippen molar-refractivity contribution in [2.75, 3.05) is 4.90 Å². The number of nitrogens with two attached hydrogens (primary N) is 2. The van der Waals surface area contributed by atoms with E-state index >= 15 is 0 Å². The van der Waals surface area contributed by atoms with Gasteiger partial charge in [-0.1, -0.05) is 24.9 Å². The molecule has 1 fully saturated rings. The minimum atomic E-state index is -0.458. The molecule has 4 rings (SSSR count). The van der Waals surface area contributed by atoms with E-state index in [2.05, 4.69) is 18.0 Å². The van der Waals surface area contributed by atoms with Gasteiger partial charge in [0.25, 0.3) is 0 Å². The summed E-state index contributed by atoms with van der Waals surface area (Å²) in [4.78, 5) is 15.7. The Morgan fingerprint density at radius 2 is 1.93 bits per heavy atom. The summed E-state index contributed by atoms with van der Waals surface area (Å²) in [7, 11) is 0. The molecule has 27 heavy (non-hydrogen) atoms. The number of anilines is 1. The first-order valence-corrected chi connectivity index (χ1v) is 9.91. The number of aryl methyl sites for hydroxylation is 1. The van der Waals surface area contributed by atoms with Crippen LogP contribution >= 0.6 is 11.6 Å². The van der Waals surface area contributed by atoms with E-state index in [1.54, 1.807) is 0 Å². The van der Waals surface area contributed by atoms with Crippen molar-refractivity contribution >= 4 is 40.1 Å². The first-order valence-electron chi connectivity index (χ1n) is 9.53. The maximum Gasteiger partial charge on any atom is 0.220 e. The van der Waals surface area contributed by atoms with Crippen LogP contribution in [0, 0.1) is 6.92 Å². The fourth-order valence-electron chi connectivity index (χ4n) is 4.41. The lowest BCUT2D eigenvalue weighted by molar-refractivity contribution is 0.305. The van der Waals surface area contributed by atoms with Gasteiger partial charge in [0.1, 0.15) is 5.66 Å². The number of hydrogen-bond donors (Lipinski definition) is 2. The van der Waals surface area contributed by atoms with E-state index in [4.69, 9.17) is 33.0 Å². The third-order valence-electron chi connectivity index (χ3n) is 5.67. The molecule has 0 bridgehead atoms. The van der Waals surface area contributed by atoms with Crippen molar-refractivity contribution < 1.29 is 0 Å². The fraction of sp³-hybridized carbons (Fsp3) is 0.450. The molecule has 0 atom stereocenters. The lowest BCUT2D eigenvalue weighted by atomic mass is 9.87. The Morgan fingerprint density at radius 1 is 1.19 bits per heavy atom. The number of fused-ring (bicyclic) bond motifs is 1. The van der Waals surface area contributed by atoms with E-state index in [1.165, 1.54) is 6.42 Å². The lowest BCUT2D eigenvalue weighted by Gasteiger charge is -2.45. The van der Waals surface area contributed by atoms with Gasteiger partial charge in [-0.3, -0.25) is 9.88 Å². The Hall–Kier alpha value is -2.34. The van der Waals surface area contributed by atoms with E-state index in [9.17, 15) is 0 Å². The van der Waals surface area contributed by atoms with Crippen LogP contribution in [0.4, 0.5) is 5.69 Å². The van der Waals surface area contributed by atoms with Crippen LogP contribution in [0.25, 0.3) is 10.9 Å². The van der Waals surface area contributed by atoms with E-state index < -0.39 is 5.66 Å². The molecule has 0 unspecified atom stereocenters. The first-order chi connectivity index (χ1) is 12.9. The van der Waals surface area contributed by atoms with Gasteiger partial charge in [-0.2, -0.15) is 4.99 Å². The molecule has 2 aromatic rings. The summed E-state index contributed by atoms with van der Waals surface area (Å²) in [5.41, 5.74) is 15.7. The topological polar surface area (TPSA) is 92.9 Å². The highest BCUT2D eigenvalue weighted by Gasteiger charge is 2.42. The number of hydrogen-bond acceptors (Lipinski definition) is 6. The predicted octanol–water partition coefficient (Wildman–Crippen LogP) is 3.87. The SMILES string of the molecule is CCc1c(C)nc2ccc(N3C(N)=NC(N)=NC34CCCCC4)cc2c1Cl. The van der Waals surface area contributed by atoms with Crippen molar-refractivity contribution in [3.8, 4) is 0 Å². The first kappa shape index (κ1) is 18.0. The van der Waals surface area contributed by atoms with Crippen LogP contribution < -0.4 is 16.4 Å². The lowest BCUT2D eigenvalue weighted by Crippen LogP contribution is -2.58. The standard InChI is InChI=1S/C20H25ClN6/c1-3-14-12(2)24-16-8-7-13(11-15(16)17(14)21)27-19(23)25-18(22)26-20(27)9-5-4-6-10-20/h7-8,11H,3-6,9-10H2,1-2H3,(H4,22,23,25,26). The van der Waals surface area contributed by atoms with Gasteiger partial charge in [-0.25, -0.2) is 4.99 Å². The van der Waals surface area contributed by atoms with Gasteiger partial charge in [-0.05, 0) is 62.8 Å². The molecule has 1 aliphatic carbocycles. The van der Waals surface area contributed by atoms with Gasteiger partial charge in [0.15, 0.2) is 0 Å². The average molecular weight is 385 g/mol. The minimum Gasteiger partial charge on any atom is -0.369 e. The largest absolute Gasteiger partial charge is 0.369 e. The van der Waals surface area contributed by atoms with Crippen molar-refractivity contribution in [2.45, 2.75) is 58.0 Å². The molecule has 0 saturated heterocycles. The van der Waals surface area contributed by atoms with Crippen LogP contribution in [0.15, 0.2) is 28.2 Å². The average Bonchev–Trinajstić information content (AvgIpc) is 2.62. The molecule has 1 aromatic carbocycles. The monoisotopic (exact) mass is 384 g/mol. The zero-order chi connectivity index (χ0) is 19.2. The van der Waals surface area contributed by atoms with Crippen LogP contribution in [0.3, 0.4) is 0 Å². The molecule has 1 saturated carbocycles. The summed E-state index contributed by atoms with van der Waals surface area (Å²) in [6, 6.07) is 6.07. The van der Waals surface area contributed by atoms with Crippen molar-refractivity contribution in [1.29, 1.82) is 0 Å². The maximum atomic E-state index is 6.73. The van der Waals surface area contributed by atoms with Gasteiger partial charge in [0.05, 0.1) is 10.5 Å². The Balaban J connectivity index is 1.88. The molecule has 6 nitrogen and oxygen atoms in total. The Labute approximate surface area is 164 Å². The molecular formula is C20H25ClN6. The number of nitrogens with zero attached hydrogens (tertiary/aromatic N) is 4. The number of benzene rings is 1. The molecular weight excluding hydrogens is 360 g/mol. The molecule has 1 spiro atoms. The maximum absolute atomic E-state index is 6.73. The van der Waals surface area contributed by atoms with Crippen LogP contribution in [-0.4, -0.2) is 22.6 Å². The third-order valence-corrected chi connectivity index (χ3v) is 6.10. The van der Waals surface area contributed by atoms with Gasteiger partial charge in [0, 0.05) is 16.8 Å². The highest BCUT2D eigenvalue weighted by atomic mass is 35.5. The van der Waals surface area contributed by atoms with Gasteiger partial charge < -0.3 is 11.5 Å². The van der Waals surface area contributed by atoms with Crippen LogP contribution in [-0.2, 0) is 6.42 Å². The van der Waals surface area contributed by atoms with Crippen molar-refractivity contribution in [3.63, 3.8) is 0 Å². The highest BCUT2D eigenvalue weighted by molar-refractivity contribution is 6.36. The molecule has 142 valence electrons. The number of guanidine groups is 2. The molecule has 1 aromatic heterocycles. The Morgan fingerprint density at radius 3 is 2.63 bits per heavy atom. The summed E-state index contributed by atoms with van der Waals surface area (Å²) >= 11 is 6.73. The van der Waals surface area contributed by atoms with Gasteiger partial charge in [0.2, 0.25) is 11.9 Å². The Kier molecular flexibility index (Phi) is 4.46. The summed E-state index contributed by atoms with van der Waals surface area (Å²) < 4.78 is 0. The minimum absolute atomic E-state index is 0.259. The molecule has 2 aliphatic rings. The second-order valence-corrected chi connectivity index (χ2v) is 7.74. The normalized spacial score (nSPS) is 19.3. The van der Waals surface area contributed by atoms with Crippen molar-refractivity contribution in [1.82, 2.24) is 4.98 Å². The number of pyridine rings is 1. The Bertz CT molecular complexity index is 959. The zero-order valence-corrected chi connectivity index (χ0v) is 16.6. The summed E-state index contributed by atoms with van der Waals surface area (Å²) in [5.74, 6) is 0.644. The van der Waals surface area contributed by atoms with E-state index in [0.29, 0.717) is 5.96 Å².